The number of unbranched alkanes of at least 4 members (excludes halogenated alkanes) is 1. The van der Waals surface area contributed by atoms with Gasteiger partial charge in [0.15, 0.2) is 17.3 Å². The molecule has 1 aromatic carbocycles. The molecule has 3 heteroatoms. The van der Waals surface area contributed by atoms with Gasteiger partial charge in [-0.2, -0.15) is 0 Å². The van der Waals surface area contributed by atoms with Gasteiger partial charge in [0.1, 0.15) is 0 Å². The highest BCUT2D eigenvalue weighted by Gasteiger charge is 2.15. The Hall–Kier alpha value is -1.38. The second-order valence-electron chi connectivity index (χ2n) is 3.62. The third kappa shape index (κ3) is 2.55. The summed E-state index contributed by atoms with van der Waals surface area (Å²) in [6.45, 7) is 3.53. The minimum absolute atomic E-state index is 0.0894. The van der Waals surface area contributed by atoms with E-state index in [1.54, 1.807) is 6.92 Å². The Morgan fingerprint density at radius 1 is 1.47 bits per heavy atom. The minimum Gasteiger partial charge on any atom is -0.504 e. The van der Waals surface area contributed by atoms with Gasteiger partial charge >= 0.3 is 0 Å². The topological polar surface area (TPSA) is 37.3 Å². The fraction of sp³-hybridized carbons (Fsp3) is 0.417. The van der Waals surface area contributed by atoms with Crippen molar-refractivity contribution in [2.45, 2.75) is 33.1 Å². The van der Waals surface area contributed by atoms with Gasteiger partial charge in [-0.25, -0.2) is 4.39 Å². The third-order valence-corrected chi connectivity index (χ3v) is 2.37. The fourth-order valence-electron chi connectivity index (χ4n) is 1.36. The molecule has 1 aromatic rings. The van der Waals surface area contributed by atoms with Crippen molar-refractivity contribution in [1.82, 2.24) is 0 Å². The molecule has 0 amide bonds. The van der Waals surface area contributed by atoms with Crippen LogP contribution in [0.5, 0.6) is 5.75 Å². The van der Waals surface area contributed by atoms with E-state index in [0.717, 1.165) is 12.8 Å². The van der Waals surface area contributed by atoms with Crippen LogP contribution in [0.15, 0.2) is 12.1 Å². The van der Waals surface area contributed by atoms with Crippen LogP contribution in [0.25, 0.3) is 0 Å². The van der Waals surface area contributed by atoms with Crippen molar-refractivity contribution in [3.05, 3.63) is 29.1 Å². The molecule has 0 unspecified atom stereocenters. The number of aryl methyl sites for hydroxylation is 1. The first-order chi connectivity index (χ1) is 7.07. The van der Waals surface area contributed by atoms with Crippen molar-refractivity contribution in [1.29, 1.82) is 0 Å². The summed E-state index contributed by atoms with van der Waals surface area (Å²) in [6, 6.07) is 2.99. The quantitative estimate of drug-likeness (QED) is 0.775. The van der Waals surface area contributed by atoms with Crippen LogP contribution in [0.1, 0.15) is 42.1 Å². The second-order valence-corrected chi connectivity index (χ2v) is 3.62. The summed E-state index contributed by atoms with van der Waals surface area (Å²) in [6.07, 6.45) is 2.02. The van der Waals surface area contributed by atoms with Crippen molar-refractivity contribution in [3.63, 3.8) is 0 Å². The van der Waals surface area contributed by atoms with Crippen LogP contribution in [-0.4, -0.2) is 10.9 Å². The van der Waals surface area contributed by atoms with E-state index < -0.39 is 11.6 Å². The summed E-state index contributed by atoms with van der Waals surface area (Å²) in [4.78, 5) is 11.6. The number of carbonyl (C=O) groups is 1. The molecular formula is C12H15FO2. The molecule has 0 saturated carbocycles. The van der Waals surface area contributed by atoms with Gasteiger partial charge in [-0.3, -0.25) is 4.79 Å². The maximum Gasteiger partial charge on any atom is 0.168 e. The van der Waals surface area contributed by atoms with Gasteiger partial charge in [0.2, 0.25) is 0 Å². The lowest BCUT2D eigenvalue weighted by Crippen LogP contribution is -2.01. The van der Waals surface area contributed by atoms with E-state index in [4.69, 9.17) is 0 Å². The number of aromatic hydroxyl groups is 1. The van der Waals surface area contributed by atoms with Crippen LogP contribution in [0, 0.1) is 12.7 Å². The van der Waals surface area contributed by atoms with Crippen molar-refractivity contribution in [2.24, 2.45) is 0 Å². The molecular weight excluding hydrogens is 195 g/mol. The van der Waals surface area contributed by atoms with Gasteiger partial charge in [0.25, 0.3) is 0 Å². The van der Waals surface area contributed by atoms with Crippen LogP contribution in [0.4, 0.5) is 4.39 Å². The summed E-state index contributed by atoms with van der Waals surface area (Å²) < 4.78 is 13.3. The Kier molecular flexibility index (Phi) is 3.83. The highest BCUT2D eigenvalue weighted by atomic mass is 19.1. The standard InChI is InChI=1S/C12H15FO2/c1-3-4-5-10(14)9-7-6-8(2)11(13)12(9)15/h6-7,15H,3-5H2,1-2H3. The van der Waals surface area contributed by atoms with E-state index in [1.165, 1.54) is 12.1 Å². The first kappa shape index (κ1) is 11.7. The summed E-state index contributed by atoms with van der Waals surface area (Å²) in [5.74, 6) is -1.42. The molecule has 0 heterocycles. The van der Waals surface area contributed by atoms with Gasteiger partial charge in [0, 0.05) is 6.42 Å². The normalized spacial score (nSPS) is 10.3. The Morgan fingerprint density at radius 2 is 2.13 bits per heavy atom. The lowest BCUT2D eigenvalue weighted by Gasteiger charge is -2.05. The number of hydrogen-bond donors (Lipinski definition) is 1. The average molecular weight is 210 g/mol. The van der Waals surface area contributed by atoms with Gasteiger partial charge in [-0.15, -0.1) is 0 Å². The summed E-state index contributed by atoms with van der Waals surface area (Å²) in [7, 11) is 0. The summed E-state index contributed by atoms with van der Waals surface area (Å²) in [5.41, 5.74) is 0.436. The molecule has 82 valence electrons. The number of hydrogen-bond acceptors (Lipinski definition) is 2. The number of halogens is 1. The zero-order valence-corrected chi connectivity index (χ0v) is 9.01. The maximum absolute atomic E-state index is 13.3. The third-order valence-electron chi connectivity index (χ3n) is 2.37. The van der Waals surface area contributed by atoms with E-state index >= 15 is 0 Å². The Balaban J connectivity index is 2.95. The number of Topliss-reactive ketones (excluding diaryl/α,β-unsaturated/α-hetero) is 1. The number of ketones is 1. The number of benzene rings is 1. The molecule has 1 N–H and O–H groups in total. The molecule has 0 aliphatic carbocycles. The molecule has 0 bridgehead atoms. The highest BCUT2D eigenvalue weighted by Crippen LogP contribution is 2.25. The second kappa shape index (κ2) is 4.91. The van der Waals surface area contributed by atoms with Crippen LogP contribution in [-0.2, 0) is 0 Å². The molecule has 0 saturated heterocycles. The molecule has 15 heavy (non-hydrogen) atoms. The van der Waals surface area contributed by atoms with Crippen LogP contribution < -0.4 is 0 Å². The lowest BCUT2D eigenvalue weighted by molar-refractivity contribution is 0.0976. The monoisotopic (exact) mass is 210 g/mol. The van der Waals surface area contributed by atoms with Gasteiger partial charge in [-0.1, -0.05) is 19.4 Å². The molecule has 0 spiro atoms. The number of phenols is 1. The van der Waals surface area contributed by atoms with Gasteiger partial charge in [0.05, 0.1) is 5.56 Å². The highest BCUT2D eigenvalue weighted by molar-refractivity contribution is 5.98. The predicted molar refractivity (Wildman–Crippen MR) is 56.7 cm³/mol. The first-order valence-electron chi connectivity index (χ1n) is 5.09. The summed E-state index contributed by atoms with van der Waals surface area (Å²) >= 11 is 0. The molecule has 0 aliphatic rings. The Morgan fingerprint density at radius 3 is 2.73 bits per heavy atom. The smallest absolute Gasteiger partial charge is 0.168 e. The zero-order chi connectivity index (χ0) is 11.4. The van der Waals surface area contributed by atoms with Crippen LogP contribution in [0.2, 0.25) is 0 Å². The average Bonchev–Trinajstić information content (AvgIpc) is 2.23. The van der Waals surface area contributed by atoms with Crippen LogP contribution >= 0.6 is 0 Å². The van der Waals surface area contributed by atoms with Gasteiger partial charge in [-0.05, 0) is 25.0 Å². The molecule has 0 aliphatic heterocycles. The maximum atomic E-state index is 13.3. The Bertz CT molecular complexity index is 372. The lowest BCUT2D eigenvalue weighted by atomic mass is 10.0. The van der Waals surface area contributed by atoms with Crippen molar-refractivity contribution >= 4 is 5.78 Å². The fourth-order valence-corrected chi connectivity index (χ4v) is 1.36. The van der Waals surface area contributed by atoms with Crippen molar-refractivity contribution < 1.29 is 14.3 Å². The summed E-state index contributed by atoms with van der Waals surface area (Å²) in [5, 5.41) is 9.45. The zero-order valence-electron chi connectivity index (χ0n) is 9.01. The van der Waals surface area contributed by atoms with Crippen molar-refractivity contribution in [2.75, 3.05) is 0 Å². The molecule has 2 nitrogen and oxygen atoms in total. The molecule has 0 aromatic heterocycles. The molecule has 0 radical (unpaired) electrons. The van der Waals surface area contributed by atoms with Gasteiger partial charge < -0.3 is 5.11 Å². The first-order valence-corrected chi connectivity index (χ1v) is 5.09. The number of phenolic OH excluding ortho intramolecular Hbond substituents is 1. The Labute approximate surface area is 88.7 Å². The SMILES string of the molecule is CCCCC(=O)c1ccc(C)c(F)c1O. The van der Waals surface area contributed by atoms with E-state index in [1.807, 2.05) is 6.92 Å². The number of carbonyl (C=O) groups excluding carboxylic acids is 1. The van der Waals surface area contributed by atoms with E-state index in [-0.39, 0.29) is 11.3 Å². The van der Waals surface area contributed by atoms with E-state index in [0.29, 0.717) is 12.0 Å². The van der Waals surface area contributed by atoms with Crippen LogP contribution in [0.3, 0.4) is 0 Å². The molecule has 1 rings (SSSR count). The van der Waals surface area contributed by atoms with Crippen molar-refractivity contribution in [3.8, 4) is 5.75 Å². The number of rotatable bonds is 4. The molecule has 0 atom stereocenters. The minimum atomic E-state index is -0.697. The van der Waals surface area contributed by atoms with E-state index in [9.17, 15) is 14.3 Å². The molecule has 0 fully saturated rings. The van der Waals surface area contributed by atoms with E-state index in [2.05, 4.69) is 0 Å². The predicted octanol–water partition coefficient (Wildman–Crippen LogP) is 3.21. The largest absolute Gasteiger partial charge is 0.504 e.